The van der Waals surface area contributed by atoms with E-state index in [-0.39, 0.29) is 0 Å². The summed E-state index contributed by atoms with van der Waals surface area (Å²) < 4.78 is 0. The van der Waals surface area contributed by atoms with Crippen LogP contribution in [0.4, 0.5) is 0 Å². The molecule has 1 atom stereocenters. The van der Waals surface area contributed by atoms with E-state index in [1.54, 1.807) is 0 Å². The predicted molar refractivity (Wildman–Crippen MR) is 92.8 cm³/mol. The van der Waals surface area contributed by atoms with E-state index in [1.165, 1.54) is 96.8 Å². The van der Waals surface area contributed by atoms with Crippen LogP contribution in [0.3, 0.4) is 0 Å². The molecule has 1 saturated carbocycles. The Morgan fingerprint density at radius 2 is 1.71 bits per heavy atom. The fraction of sp³-hybridized carbons (Fsp3) is 1.00. The zero-order chi connectivity index (χ0) is 15.0. The van der Waals surface area contributed by atoms with Crippen molar-refractivity contribution < 1.29 is 0 Å². The zero-order valence-electron chi connectivity index (χ0n) is 14.6. The van der Waals surface area contributed by atoms with Gasteiger partial charge in [0.2, 0.25) is 0 Å². The maximum absolute atomic E-state index is 3.68. The molecule has 2 fully saturated rings. The first-order chi connectivity index (χ1) is 10.3. The van der Waals surface area contributed by atoms with Crippen molar-refractivity contribution in [1.82, 2.24) is 10.2 Å². The molecule has 1 aliphatic heterocycles. The molecule has 2 nitrogen and oxygen atoms in total. The van der Waals surface area contributed by atoms with Gasteiger partial charge in [-0.05, 0) is 83.0 Å². The van der Waals surface area contributed by atoms with Crippen molar-refractivity contribution in [2.24, 2.45) is 5.41 Å². The van der Waals surface area contributed by atoms with Crippen LogP contribution in [0.2, 0.25) is 0 Å². The van der Waals surface area contributed by atoms with Gasteiger partial charge in [-0.25, -0.2) is 0 Å². The van der Waals surface area contributed by atoms with Crippen molar-refractivity contribution in [2.45, 2.75) is 90.5 Å². The summed E-state index contributed by atoms with van der Waals surface area (Å²) >= 11 is 0. The second kappa shape index (κ2) is 9.15. The Hall–Kier alpha value is -0.0800. The predicted octanol–water partition coefficient (Wildman–Crippen LogP) is 4.59. The third-order valence-electron chi connectivity index (χ3n) is 6.03. The average Bonchev–Trinajstić information content (AvgIpc) is 2.53. The number of likely N-dealkylation sites (tertiary alicyclic amines) is 1. The highest BCUT2D eigenvalue weighted by Gasteiger charge is 2.35. The second-order valence-electron chi connectivity index (χ2n) is 7.60. The number of nitrogens with zero attached hydrogens (tertiary/aromatic N) is 1. The van der Waals surface area contributed by atoms with Crippen LogP contribution >= 0.6 is 0 Å². The van der Waals surface area contributed by atoms with E-state index in [4.69, 9.17) is 0 Å². The molecule has 1 saturated heterocycles. The van der Waals surface area contributed by atoms with Crippen LogP contribution in [0, 0.1) is 5.41 Å². The van der Waals surface area contributed by atoms with E-state index in [9.17, 15) is 0 Å². The fourth-order valence-corrected chi connectivity index (χ4v) is 4.41. The fourth-order valence-electron chi connectivity index (χ4n) is 4.41. The summed E-state index contributed by atoms with van der Waals surface area (Å²) in [6, 6.07) is 0.749. The molecular weight excluding hydrogens is 256 g/mol. The Morgan fingerprint density at radius 3 is 2.33 bits per heavy atom. The van der Waals surface area contributed by atoms with Crippen molar-refractivity contribution in [3.63, 3.8) is 0 Å². The van der Waals surface area contributed by atoms with E-state index < -0.39 is 0 Å². The molecule has 0 aromatic rings. The molecular formula is C19H38N2. The summed E-state index contributed by atoms with van der Waals surface area (Å²) in [6.45, 7) is 9.85. The van der Waals surface area contributed by atoms with Crippen LogP contribution in [0.25, 0.3) is 0 Å². The Balaban J connectivity index is 1.60. The number of hydrogen-bond donors (Lipinski definition) is 1. The van der Waals surface area contributed by atoms with Gasteiger partial charge in [-0.15, -0.1) is 0 Å². The minimum absolute atomic E-state index is 0.749. The molecule has 1 unspecified atom stereocenters. The smallest absolute Gasteiger partial charge is 0.00649 e. The van der Waals surface area contributed by atoms with Crippen LogP contribution in [-0.2, 0) is 0 Å². The van der Waals surface area contributed by atoms with E-state index in [1.807, 2.05) is 0 Å². The quantitative estimate of drug-likeness (QED) is 0.704. The van der Waals surface area contributed by atoms with Gasteiger partial charge in [0.05, 0.1) is 0 Å². The van der Waals surface area contributed by atoms with Gasteiger partial charge in [-0.3, -0.25) is 0 Å². The Morgan fingerprint density at radius 1 is 1.00 bits per heavy atom. The highest BCUT2D eigenvalue weighted by molar-refractivity contribution is 4.88. The topological polar surface area (TPSA) is 15.3 Å². The summed E-state index contributed by atoms with van der Waals surface area (Å²) in [5.74, 6) is 0. The minimum atomic E-state index is 0.749. The Labute approximate surface area is 133 Å². The van der Waals surface area contributed by atoms with Crippen LogP contribution in [0.15, 0.2) is 0 Å². The number of nitrogens with one attached hydrogen (secondary N) is 1. The third kappa shape index (κ3) is 5.56. The van der Waals surface area contributed by atoms with Crippen molar-refractivity contribution in [1.29, 1.82) is 0 Å². The van der Waals surface area contributed by atoms with E-state index >= 15 is 0 Å². The van der Waals surface area contributed by atoms with E-state index in [0.717, 1.165) is 11.5 Å². The van der Waals surface area contributed by atoms with Crippen molar-refractivity contribution in [3.05, 3.63) is 0 Å². The van der Waals surface area contributed by atoms with Crippen LogP contribution < -0.4 is 5.32 Å². The van der Waals surface area contributed by atoms with E-state index in [2.05, 4.69) is 24.1 Å². The highest BCUT2D eigenvalue weighted by atomic mass is 15.1. The maximum atomic E-state index is 3.68. The van der Waals surface area contributed by atoms with Crippen LogP contribution in [0.1, 0.15) is 84.5 Å². The molecule has 1 spiro atoms. The Kier molecular flexibility index (Phi) is 7.53. The molecule has 2 heteroatoms. The van der Waals surface area contributed by atoms with Gasteiger partial charge in [-0.1, -0.05) is 33.1 Å². The second-order valence-corrected chi connectivity index (χ2v) is 7.60. The van der Waals surface area contributed by atoms with E-state index in [0.29, 0.717) is 0 Å². The van der Waals surface area contributed by atoms with Crippen molar-refractivity contribution in [3.8, 4) is 0 Å². The summed E-state index contributed by atoms with van der Waals surface area (Å²) in [5.41, 5.74) is 0.767. The average molecular weight is 295 g/mol. The molecule has 0 bridgehead atoms. The molecule has 0 amide bonds. The lowest BCUT2D eigenvalue weighted by Gasteiger charge is -2.44. The van der Waals surface area contributed by atoms with Gasteiger partial charge in [-0.2, -0.15) is 0 Å². The molecule has 0 aromatic carbocycles. The van der Waals surface area contributed by atoms with Gasteiger partial charge in [0.25, 0.3) is 0 Å². The summed E-state index contributed by atoms with van der Waals surface area (Å²) in [5, 5.41) is 3.68. The Bertz CT molecular complexity index is 261. The lowest BCUT2D eigenvalue weighted by molar-refractivity contribution is 0.0666. The maximum Gasteiger partial charge on any atom is 0.00649 e. The molecule has 1 N–H and O–H groups in total. The van der Waals surface area contributed by atoms with Gasteiger partial charge >= 0.3 is 0 Å². The molecule has 0 radical (unpaired) electrons. The van der Waals surface area contributed by atoms with Crippen molar-refractivity contribution in [2.75, 3.05) is 26.2 Å². The molecule has 124 valence electrons. The first-order valence-electron chi connectivity index (χ1n) is 9.74. The number of rotatable bonds is 8. The minimum Gasteiger partial charge on any atom is -0.314 e. The lowest BCUT2D eigenvalue weighted by Crippen LogP contribution is -2.41. The number of hydrogen-bond acceptors (Lipinski definition) is 2. The molecule has 21 heavy (non-hydrogen) atoms. The first kappa shape index (κ1) is 17.3. The molecule has 1 aliphatic carbocycles. The lowest BCUT2D eigenvalue weighted by atomic mass is 9.68. The van der Waals surface area contributed by atoms with Crippen LogP contribution in [-0.4, -0.2) is 37.1 Å². The van der Waals surface area contributed by atoms with Crippen LogP contribution in [0.5, 0.6) is 0 Å². The van der Waals surface area contributed by atoms with Gasteiger partial charge in [0.1, 0.15) is 0 Å². The van der Waals surface area contributed by atoms with Crippen molar-refractivity contribution >= 4 is 0 Å². The molecule has 1 heterocycles. The summed E-state index contributed by atoms with van der Waals surface area (Å²) in [6.07, 6.45) is 15.8. The molecule has 2 rings (SSSR count). The van der Waals surface area contributed by atoms with Gasteiger partial charge in [0.15, 0.2) is 0 Å². The van der Waals surface area contributed by atoms with Gasteiger partial charge in [0, 0.05) is 6.04 Å². The first-order valence-corrected chi connectivity index (χ1v) is 9.74. The summed E-state index contributed by atoms with van der Waals surface area (Å²) in [4.78, 5) is 2.74. The standard InChI is InChI=1S/C19H38N2/c1-3-14-20-18(4-2)9-8-15-21-16-12-19(13-17-21)10-6-5-7-11-19/h18,20H,3-17H2,1-2H3. The highest BCUT2D eigenvalue weighted by Crippen LogP contribution is 2.44. The SMILES string of the molecule is CCCNC(CC)CCCN1CCC2(CCCCC2)CC1. The zero-order valence-corrected chi connectivity index (χ0v) is 14.6. The van der Waals surface area contributed by atoms with Gasteiger partial charge < -0.3 is 10.2 Å². The monoisotopic (exact) mass is 294 g/mol. The third-order valence-corrected chi connectivity index (χ3v) is 6.03. The molecule has 0 aromatic heterocycles. The largest absolute Gasteiger partial charge is 0.314 e. The molecule has 2 aliphatic rings. The summed E-state index contributed by atoms with van der Waals surface area (Å²) in [7, 11) is 0. The number of piperidine rings is 1. The normalized spacial score (nSPS) is 24.3.